The fourth-order valence-electron chi connectivity index (χ4n) is 2.16. The summed E-state index contributed by atoms with van der Waals surface area (Å²) in [6.07, 6.45) is 5.35. The van der Waals surface area contributed by atoms with Crippen LogP contribution in [-0.4, -0.2) is 35.9 Å². The number of nitrogens with zero attached hydrogens (tertiary/aromatic N) is 3. The summed E-state index contributed by atoms with van der Waals surface area (Å²) in [5.41, 5.74) is 1.89. The van der Waals surface area contributed by atoms with E-state index in [1.165, 1.54) is 11.6 Å². The Morgan fingerprint density at radius 2 is 1.95 bits per heavy atom. The van der Waals surface area contributed by atoms with Crippen molar-refractivity contribution in [2.75, 3.05) is 20.1 Å². The van der Waals surface area contributed by atoms with Gasteiger partial charge in [-0.05, 0) is 30.0 Å². The zero-order valence-electron chi connectivity index (χ0n) is 13.0. The third-order valence-corrected chi connectivity index (χ3v) is 3.33. The van der Waals surface area contributed by atoms with Gasteiger partial charge in [-0.1, -0.05) is 18.2 Å². The highest BCUT2D eigenvalue weighted by molar-refractivity contribution is 5.79. The van der Waals surface area contributed by atoms with Gasteiger partial charge in [-0.3, -0.25) is 9.67 Å². The van der Waals surface area contributed by atoms with Crippen LogP contribution in [0, 0.1) is 5.82 Å². The second-order valence-corrected chi connectivity index (χ2v) is 5.04. The van der Waals surface area contributed by atoms with Crippen molar-refractivity contribution in [1.82, 2.24) is 20.4 Å². The Morgan fingerprint density at radius 1 is 1.23 bits per heavy atom. The zero-order valence-corrected chi connectivity index (χ0v) is 13.0. The van der Waals surface area contributed by atoms with E-state index in [0.29, 0.717) is 18.5 Å². The fourth-order valence-corrected chi connectivity index (χ4v) is 2.16. The van der Waals surface area contributed by atoms with Gasteiger partial charge in [0.1, 0.15) is 5.82 Å². The molecule has 22 heavy (non-hydrogen) atoms. The average molecular weight is 303 g/mol. The maximum absolute atomic E-state index is 13.5. The van der Waals surface area contributed by atoms with Gasteiger partial charge in [-0.2, -0.15) is 5.10 Å². The van der Waals surface area contributed by atoms with Crippen LogP contribution in [0.15, 0.2) is 41.7 Å². The lowest BCUT2D eigenvalue weighted by Crippen LogP contribution is -2.39. The molecule has 0 aliphatic heterocycles. The van der Waals surface area contributed by atoms with Gasteiger partial charge in [0.25, 0.3) is 0 Å². The quantitative estimate of drug-likeness (QED) is 0.628. The summed E-state index contributed by atoms with van der Waals surface area (Å²) in [5, 5.41) is 10.6. The maximum atomic E-state index is 13.5. The highest BCUT2D eigenvalue weighted by Gasteiger charge is 2.02. The van der Waals surface area contributed by atoms with Gasteiger partial charge >= 0.3 is 0 Å². The van der Waals surface area contributed by atoms with E-state index in [0.717, 1.165) is 18.9 Å². The number of nitrogens with one attached hydrogen (secondary N) is 2. The molecule has 0 spiro atoms. The van der Waals surface area contributed by atoms with E-state index in [4.69, 9.17) is 0 Å². The van der Waals surface area contributed by atoms with E-state index < -0.39 is 0 Å². The smallest absolute Gasteiger partial charge is 0.190 e. The molecule has 1 aromatic carbocycles. The molecule has 2 aromatic rings. The van der Waals surface area contributed by atoms with Gasteiger partial charge in [0.2, 0.25) is 0 Å². The van der Waals surface area contributed by atoms with Gasteiger partial charge < -0.3 is 10.6 Å². The fraction of sp³-hybridized carbons (Fsp3) is 0.375. The van der Waals surface area contributed by atoms with Crippen LogP contribution < -0.4 is 10.6 Å². The van der Waals surface area contributed by atoms with E-state index in [2.05, 4.69) is 20.7 Å². The molecule has 0 radical (unpaired) electrons. The average Bonchev–Trinajstić information content (AvgIpc) is 2.93. The number of hydrogen-bond donors (Lipinski definition) is 2. The van der Waals surface area contributed by atoms with Crippen molar-refractivity contribution in [1.29, 1.82) is 0 Å². The van der Waals surface area contributed by atoms with Crippen LogP contribution in [0.1, 0.15) is 11.1 Å². The number of guanidine groups is 1. The van der Waals surface area contributed by atoms with Crippen molar-refractivity contribution in [3.05, 3.63) is 53.6 Å². The van der Waals surface area contributed by atoms with E-state index in [1.807, 2.05) is 25.5 Å². The lowest BCUT2D eigenvalue weighted by molar-refractivity contribution is 0.606. The van der Waals surface area contributed by atoms with Crippen molar-refractivity contribution < 1.29 is 4.39 Å². The molecule has 0 aliphatic rings. The molecular formula is C16H22FN5. The molecule has 118 valence electrons. The number of hydrogen-bond acceptors (Lipinski definition) is 2. The number of benzene rings is 1. The Bertz CT molecular complexity index is 621. The van der Waals surface area contributed by atoms with Crippen LogP contribution in [0.5, 0.6) is 0 Å². The molecular weight excluding hydrogens is 281 g/mol. The molecule has 0 atom stereocenters. The van der Waals surface area contributed by atoms with Crippen molar-refractivity contribution in [3.63, 3.8) is 0 Å². The summed E-state index contributed by atoms with van der Waals surface area (Å²) in [5.74, 6) is 0.559. The van der Waals surface area contributed by atoms with Gasteiger partial charge in [-0.15, -0.1) is 0 Å². The van der Waals surface area contributed by atoms with Crippen LogP contribution in [-0.2, 0) is 19.9 Å². The minimum atomic E-state index is -0.163. The molecule has 5 nitrogen and oxygen atoms in total. The largest absolute Gasteiger partial charge is 0.356 e. The van der Waals surface area contributed by atoms with E-state index in [1.54, 1.807) is 23.9 Å². The highest BCUT2D eigenvalue weighted by Crippen LogP contribution is 2.06. The van der Waals surface area contributed by atoms with Gasteiger partial charge in [0, 0.05) is 33.4 Å². The molecule has 0 fully saturated rings. The summed E-state index contributed by atoms with van der Waals surface area (Å²) in [6, 6.07) is 6.83. The molecule has 0 amide bonds. The van der Waals surface area contributed by atoms with Crippen molar-refractivity contribution in [3.8, 4) is 0 Å². The third-order valence-electron chi connectivity index (χ3n) is 3.33. The second-order valence-electron chi connectivity index (χ2n) is 5.04. The molecule has 1 aromatic heterocycles. The van der Waals surface area contributed by atoms with Crippen molar-refractivity contribution in [2.45, 2.75) is 12.8 Å². The van der Waals surface area contributed by atoms with E-state index in [-0.39, 0.29) is 5.82 Å². The Morgan fingerprint density at radius 3 is 2.59 bits per heavy atom. The lowest BCUT2D eigenvalue weighted by Gasteiger charge is -2.11. The molecule has 2 rings (SSSR count). The summed E-state index contributed by atoms with van der Waals surface area (Å²) in [4.78, 5) is 4.16. The topological polar surface area (TPSA) is 54.2 Å². The minimum absolute atomic E-state index is 0.163. The van der Waals surface area contributed by atoms with Crippen LogP contribution in [0.3, 0.4) is 0 Å². The second kappa shape index (κ2) is 8.17. The van der Waals surface area contributed by atoms with E-state index in [9.17, 15) is 4.39 Å². The van der Waals surface area contributed by atoms with Crippen LogP contribution in [0.25, 0.3) is 0 Å². The zero-order chi connectivity index (χ0) is 15.8. The molecule has 0 saturated heterocycles. The first kappa shape index (κ1) is 16.0. The summed E-state index contributed by atoms with van der Waals surface area (Å²) in [7, 11) is 3.63. The Balaban J connectivity index is 1.70. The lowest BCUT2D eigenvalue weighted by atomic mass is 10.1. The number of aliphatic imine (C=N–C) groups is 1. The standard InChI is InChI=1S/C16H22FN5/c1-18-16(19-9-7-13-11-21-22(2)12-13)20-10-8-14-5-3-4-6-15(14)17/h3-6,11-12H,7-10H2,1-2H3,(H2,18,19,20). The number of halogens is 1. The predicted octanol–water partition coefficient (Wildman–Crippen LogP) is 1.51. The Kier molecular flexibility index (Phi) is 5.94. The highest BCUT2D eigenvalue weighted by atomic mass is 19.1. The first-order valence-corrected chi connectivity index (χ1v) is 7.34. The molecule has 0 bridgehead atoms. The number of rotatable bonds is 6. The molecule has 0 aliphatic carbocycles. The minimum Gasteiger partial charge on any atom is -0.356 e. The number of aromatic nitrogens is 2. The third kappa shape index (κ3) is 4.87. The first-order chi connectivity index (χ1) is 10.7. The summed E-state index contributed by atoms with van der Waals surface area (Å²) in [6.45, 7) is 1.40. The maximum Gasteiger partial charge on any atom is 0.190 e. The van der Waals surface area contributed by atoms with Crippen molar-refractivity contribution in [2.24, 2.45) is 12.0 Å². The van der Waals surface area contributed by atoms with Gasteiger partial charge in [0.05, 0.1) is 6.20 Å². The number of aryl methyl sites for hydroxylation is 1. The molecule has 0 saturated carbocycles. The van der Waals surface area contributed by atoms with Crippen molar-refractivity contribution >= 4 is 5.96 Å². The predicted molar refractivity (Wildman–Crippen MR) is 86.4 cm³/mol. The molecule has 1 heterocycles. The Labute approximate surface area is 130 Å². The summed E-state index contributed by atoms with van der Waals surface area (Å²) >= 11 is 0. The van der Waals surface area contributed by atoms with Crippen LogP contribution in [0.2, 0.25) is 0 Å². The van der Waals surface area contributed by atoms with Gasteiger partial charge in [0.15, 0.2) is 5.96 Å². The van der Waals surface area contributed by atoms with E-state index >= 15 is 0 Å². The van der Waals surface area contributed by atoms with Gasteiger partial charge in [-0.25, -0.2) is 4.39 Å². The molecule has 6 heteroatoms. The molecule has 2 N–H and O–H groups in total. The Hall–Kier alpha value is -2.37. The normalized spacial score (nSPS) is 11.5. The monoisotopic (exact) mass is 303 g/mol. The SMILES string of the molecule is CN=C(NCCc1cnn(C)c1)NCCc1ccccc1F. The van der Waals surface area contributed by atoms with Crippen LogP contribution >= 0.6 is 0 Å². The van der Waals surface area contributed by atoms with Crippen LogP contribution in [0.4, 0.5) is 4.39 Å². The molecule has 0 unspecified atom stereocenters. The summed E-state index contributed by atoms with van der Waals surface area (Å²) < 4.78 is 15.3. The first-order valence-electron chi connectivity index (χ1n) is 7.34.